The van der Waals surface area contributed by atoms with Gasteiger partial charge in [-0.1, -0.05) is 48.5 Å². The molecule has 0 spiro atoms. The van der Waals surface area contributed by atoms with Crippen molar-refractivity contribution in [3.05, 3.63) is 138 Å². The van der Waals surface area contributed by atoms with Crippen LogP contribution in [0.1, 0.15) is 11.1 Å². The molecule has 0 fully saturated rings. The number of aryl methyl sites for hydroxylation is 1. The Morgan fingerprint density at radius 2 is 1.67 bits per heavy atom. The van der Waals surface area contributed by atoms with Crippen LogP contribution in [0.3, 0.4) is 0 Å². The van der Waals surface area contributed by atoms with E-state index in [1.807, 2.05) is 98.1 Å². The smallest absolute Gasteiger partial charge is 0.236 e. The quantitative estimate of drug-likeness (QED) is 0.192. The maximum Gasteiger partial charge on any atom is 0.236 e. The zero-order valence-electron chi connectivity index (χ0n) is 19.4. The van der Waals surface area contributed by atoms with Gasteiger partial charge in [0.1, 0.15) is 6.57 Å². The molecule has 0 N–H and O–H groups in total. The molecular weight excluding hydrogens is 621 g/mol. The van der Waals surface area contributed by atoms with E-state index in [9.17, 15) is 0 Å². The number of benzene rings is 3. The van der Waals surface area contributed by atoms with E-state index < -0.39 is 0 Å². The van der Waals surface area contributed by atoms with Crippen LogP contribution in [-0.4, -0.2) is 9.97 Å². The molecule has 0 saturated carbocycles. The molecule has 5 aromatic rings. The van der Waals surface area contributed by atoms with Crippen LogP contribution in [0.25, 0.3) is 38.5 Å². The van der Waals surface area contributed by atoms with Crippen LogP contribution in [-0.2, 0) is 20.1 Å². The molecule has 0 bridgehead atoms. The van der Waals surface area contributed by atoms with Crippen LogP contribution in [0, 0.1) is 37.0 Å². The van der Waals surface area contributed by atoms with Gasteiger partial charge in [-0.3, -0.25) is 0 Å². The number of hydrogen-bond donors (Lipinski definition) is 0. The van der Waals surface area contributed by atoms with Crippen molar-refractivity contribution >= 4 is 5.69 Å². The Morgan fingerprint density at radius 3 is 2.31 bits per heavy atom. The van der Waals surface area contributed by atoms with E-state index in [4.69, 9.17) is 11.8 Å². The van der Waals surface area contributed by atoms with Crippen LogP contribution in [0.15, 0.2) is 103 Å². The minimum atomic E-state index is 0. The van der Waals surface area contributed by atoms with Crippen molar-refractivity contribution < 1.29 is 20.1 Å². The van der Waals surface area contributed by atoms with E-state index in [1.54, 1.807) is 18.3 Å². The van der Waals surface area contributed by atoms with E-state index in [0.29, 0.717) is 22.5 Å². The van der Waals surface area contributed by atoms with Crippen molar-refractivity contribution in [2.24, 2.45) is 0 Å². The van der Waals surface area contributed by atoms with Gasteiger partial charge >= 0.3 is 0 Å². The minimum Gasteiger partial charge on any atom is -0.305 e. The van der Waals surface area contributed by atoms with Gasteiger partial charge in [0.05, 0.1) is 0 Å². The fourth-order valence-electron chi connectivity index (χ4n) is 3.53. The molecule has 0 unspecified atom stereocenters. The average Bonchev–Trinajstić information content (AvgIpc) is 2.94. The van der Waals surface area contributed by atoms with Gasteiger partial charge in [0, 0.05) is 44.1 Å². The monoisotopic (exact) mass is 641 g/mol. The summed E-state index contributed by atoms with van der Waals surface area (Å²) in [5.74, 6) is 0. The molecule has 3 aromatic carbocycles. The van der Waals surface area contributed by atoms with Crippen LogP contribution in [0.4, 0.5) is 5.69 Å². The molecule has 2 heterocycles. The summed E-state index contributed by atoms with van der Waals surface area (Å²) in [5.41, 5.74) is 7.40. The van der Waals surface area contributed by atoms with Crippen LogP contribution in [0.2, 0.25) is 0 Å². The first-order valence-electron chi connectivity index (χ1n) is 10.9. The molecule has 5 heteroatoms. The van der Waals surface area contributed by atoms with Crippen molar-refractivity contribution in [1.29, 1.82) is 5.26 Å². The molecule has 0 amide bonds. The van der Waals surface area contributed by atoms with Gasteiger partial charge in [-0.05, 0) is 52.7 Å². The summed E-state index contributed by atoms with van der Waals surface area (Å²) in [7, 11) is 0. The van der Waals surface area contributed by atoms with Crippen LogP contribution >= 0.6 is 0 Å². The molecule has 5 rings (SSSR count). The second-order valence-corrected chi connectivity index (χ2v) is 7.61. The molecule has 0 aliphatic rings. The average molecular weight is 641 g/mol. The minimum absolute atomic E-state index is 0. The zero-order valence-corrected chi connectivity index (χ0v) is 21.8. The Kier molecular flexibility index (Phi) is 9.38. The van der Waals surface area contributed by atoms with Gasteiger partial charge in [-0.15, -0.1) is 48.0 Å². The molecule has 36 heavy (non-hydrogen) atoms. The van der Waals surface area contributed by atoms with Gasteiger partial charge in [0.25, 0.3) is 0 Å². The first-order valence-corrected chi connectivity index (χ1v) is 10.9. The van der Waals surface area contributed by atoms with Gasteiger partial charge in [0.15, 0.2) is 0 Å². The zero-order chi connectivity index (χ0) is 24.5. The Balaban J connectivity index is 0.000000234. The number of rotatable bonds is 3. The van der Waals surface area contributed by atoms with Crippen LogP contribution in [0.5, 0.6) is 0 Å². The summed E-state index contributed by atoms with van der Waals surface area (Å²) in [6.07, 6.45) is 3.61. The third-order valence-electron chi connectivity index (χ3n) is 5.27. The first kappa shape index (κ1) is 26.2. The Labute approximate surface area is 225 Å². The Morgan fingerprint density at radius 1 is 0.889 bits per heavy atom. The summed E-state index contributed by atoms with van der Waals surface area (Å²) in [6, 6.07) is 37.0. The van der Waals surface area contributed by atoms with Gasteiger partial charge in [-0.2, -0.15) is 4.85 Å². The molecule has 2 aromatic heterocycles. The SMILES string of the molecule is [C-]#[N+]c1cc(C#N)c[c-]c1-c1cc(C)c(-c2ccccc2)cn1.[Ir].[c-]1ccccc1-c1ccccn1. The fraction of sp³-hybridized carbons (Fsp3) is 0.0323. The van der Waals surface area contributed by atoms with Crippen molar-refractivity contribution in [3.8, 4) is 39.7 Å². The predicted octanol–water partition coefficient (Wildman–Crippen LogP) is 7.49. The summed E-state index contributed by atoms with van der Waals surface area (Å²) in [6.45, 7) is 9.33. The van der Waals surface area contributed by atoms with E-state index in [0.717, 1.165) is 27.9 Å². The third-order valence-corrected chi connectivity index (χ3v) is 5.27. The van der Waals surface area contributed by atoms with Crippen LogP contribution < -0.4 is 0 Å². The number of nitrogens with zero attached hydrogens (tertiary/aromatic N) is 4. The number of nitriles is 1. The second kappa shape index (κ2) is 12.9. The van der Waals surface area contributed by atoms with Gasteiger partial charge in [-0.25, -0.2) is 5.26 Å². The number of aromatic nitrogens is 2. The maximum atomic E-state index is 8.94. The molecule has 0 atom stereocenters. The second-order valence-electron chi connectivity index (χ2n) is 7.61. The number of hydrogen-bond acceptors (Lipinski definition) is 3. The third kappa shape index (κ3) is 6.38. The van der Waals surface area contributed by atoms with Gasteiger partial charge in [0.2, 0.25) is 5.69 Å². The standard InChI is InChI=1S/C20H12N3.C11H8N.Ir/c1-14-10-20(17-9-8-15(12-21)11-19(17)22-2)23-13-18(14)16-6-4-3-5-7-16;1-2-6-10(7-3-1)11-8-4-5-9-12-11;/h3-8,10-11,13H,1H3;1-6,8-9H;/q2*-1;. The van der Waals surface area contributed by atoms with Crippen molar-refractivity contribution in [2.75, 3.05) is 0 Å². The summed E-state index contributed by atoms with van der Waals surface area (Å²) < 4.78 is 0. The Bertz CT molecular complexity index is 1470. The normalized spacial score (nSPS) is 9.53. The Hall–Kier alpha value is -4.41. The first-order chi connectivity index (χ1) is 17.2. The molecule has 0 aliphatic carbocycles. The summed E-state index contributed by atoms with van der Waals surface area (Å²) in [4.78, 5) is 12.2. The predicted molar refractivity (Wildman–Crippen MR) is 138 cm³/mol. The van der Waals surface area contributed by atoms with Crippen molar-refractivity contribution in [3.63, 3.8) is 0 Å². The maximum absolute atomic E-state index is 8.94. The topological polar surface area (TPSA) is 53.9 Å². The van der Waals surface area contributed by atoms with E-state index in [-0.39, 0.29) is 20.1 Å². The number of pyridine rings is 2. The molecule has 175 valence electrons. The van der Waals surface area contributed by atoms with E-state index in [2.05, 4.69) is 26.9 Å². The summed E-state index contributed by atoms with van der Waals surface area (Å²) >= 11 is 0. The van der Waals surface area contributed by atoms with Crippen molar-refractivity contribution in [2.45, 2.75) is 6.92 Å². The fourth-order valence-corrected chi connectivity index (χ4v) is 3.53. The molecule has 1 radical (unpaired) electrons. The molecule has 4 nitrogen and oxygen atoms in total. The molecule has 0 saturated heterocycles. The van der Waals surface area contributed by atoms with E-state index >= 15 is 0 Å². The van der Waals surface area contributed by atoms with Crippen molar-refractivity contribution in [1.82, 2.24) is 9.97 Å². The van der Waals surface area contributed by atoms with E-state index in [1.165, 1.54) is 0 Å². The largest absolute Gasteiger partial charge is 0.305 e. The van der Waals surface area contributed by atoms with Gasteiger partial charge < -0.3 is 9.97 Å². The summed E-state index contributed by atoms with van der Waals surface area (Å²) in [5, 5.41) is 8.94. The molecular formula is C31H20IrN4-2. The molecule has 0 aliphatic heterocycles.